The first-order valence-electron chi connectivity index (χ1n) is 9.45. The number of amides is 1. The summed E-state index contributed by atoms with van der Waals surface area (Å²) in [6.07, 6.45) is 3.16. The minimum atomic E-state index is -0.175. The second kappa shape index (κ2) is 7.94. The number of fused-ring (bicyclic) bond motifs is 1. The zero-order valence-corrected chi connectivity index (χ0v) is 16.6. The molecule has 1 aliphatic rings. The summed E-state index contributed by atoms with van der Waals surface area (Å²) in [6.45, 7) is 3.24. The molecule has 0 aliphatic carbocycles. The Bertz CT molecular complexity index is 1010. The van der Waals surface area contributed by atoms with Gasteiger partial charge < -0.3 is 24.2 Å². The van der Waals surface area contributed by atoms with E-state index in [0.29, 0.717) is 29.4 Å². The van der Waals surface area contributed by atoms with E-state index in [1.807, 2.05) is 6.92 Å². The minimum Gasteiger partial charge on any atom is -0.497 e. The molecule has 1 atom stereocenters. The summed E-state index contributed by atoms with van der Waals surface area (Å²) in [7, 11) is 3.16. The molecular formula is C20H23N5O4. The summed E-state index contributed by atoms with van der Waals surface area (Å²) in [5.74, 6) is 1.78. The van der Waals surface area contributed by atoms with E-state index in [1.54, 1.807) is 32.4 Å². The van der Waals surface area contributed by atoms with Crippen LogP contribution in [0.2, 0.25) is 0 Å². The zero-order valence-electron chi connectivity index (χ0n) is 16.6. The number of anilines is 2. The van der Waals surface area contributed by atoms with Crippen molar-refractivity contribution in [2.45, 2.75) is 19.8 Å². The first-order chi connectivity index (χ1) is 14.1. The maximum Gasteiger partial charge on any atom is 0.263 e. The molecule has 3 aromatic rings. The van der Waals surface area contributed by atoms with Crippen LogP contribution in [0.5, 0.6) is 11.5 Å². The van der Waals surface area contributed by atoms with Crippen molar-refractivity contribution in [3.05, 3.63) is 30.2 Å². The Balaban J connectivity index is 1.52. The highest BCUT2D eigenvalue weighted by atomic mass is 16.5. The fourth-order valence-electron chi connectivity index (χ4n) is 3.65. The summed E-state index contributed by atoms with van der Waals surface area (Å²) in [5, 5.41) is 7.77. The van der Waals surface area contributed by atoms with Gasteiger partial charge in [-0.2, -0.15) is 4.98 Å². The van der Waals surface area contributed by atoms with E-state index in [0.717, 1.165) is 36.3 Å². The van der Waals surface area contributed by atoms with Gasteiger partial charge in [-0.05, 0) is 19.8 Å². The molecule has 1 aromatic carbocycles. The predicted octanol–water partition coefficient (Wildman–Crippen LogP) is 2.80. The molecular weight excluding hydrogens is 374 g/mol. The molecule has 2 aromatic heterocycles. The third kappa shape index (κ3) is 3.80. The van der Waals surface area contributed by atoms with E-state index in [-0.39, 0.29) is 11.8 Å². The second-order valence-corrected chi connectivity index (χ2v) is 7.02. The van der Waals surface area contributed by atoms with Gasteiger partial charge in [-0.25, -0.2) is 4.98 Å². The monoisotopic (exact) mass is 397 g/mol. The lowest BCUT2D eigenvalue weighted by Gasteiger charge is -2.33. The molecule has 1 unspecified atom stereocenters. The van der Waals surface area contributed by atoms with Gasteiger partial charge in [-0.15, -0.1) is 0 Å². The third-order valence-corrected chi connectivity index (χ3v) is 5.13. The predicted molar refractivity (Wildman–Crippen MR) is 107 cm³/mol. The van der Waals surface area contributed by atoms with Crippen molar-refractivity contribution >= 4 is 28.5 Å². The Morgan fingerprint density at radius 1 is 1.21 bits per heavy atom. The highest BCUT2D eigenvalue weighted by Crippen LogP contribution is 2.31. The number of ether oxygens (including phenoxy) is 2. The van der Waals surface area contributed by atoms with Crippen molar-refractivity contribution in [1.82, 2.24) is 15.1 Å². The normalized spacial score (nSPS) is 16.7. The first-order valence-corrected chi connectivity index (χ1v) is 9.45. The molecule has 0 saturated carbocycles. The minimum absolute atomic E-state index is 0.0441. The number of methoxy groups -OCH3 is 2. The van der Waals surface area contributed by atoms with Gasteiger partial charge in [0.2, 0.25) is 5.91 Å². The third-order valence-electron chi connectivity index (χ3n) is 5.13. The van der Waals surface area contributed by atoms with Crippen LogP contribution in [0.4, 0.5) is 11.5 Å². The number of benzene rings is 1. The molecule has 9 heteroatoms. The van der Waals surface area contributed by atoms with Crippen LogP contribution >= 0.6 is 0 Å². The van der Waals surface area contributed by atoms with E-state index in [4.69, 9.17) is 14.0 Å². The van der Waals surface area contributed by atoms with Crippen LogP contribution in [0.25, 0.3) is 11.1 Å². The number of piperidine rings is 1. The van der Waals surface area contributed by atoms with E-state index in [2.05, 4.69) is 25.3 Å². The van der Waals surface area contributed by atoms with Crippen molar-refractivity contribution in [3.63, 3.8) is 0 Å². The highest BCUT2D eigenvalue weighted by molar-refractivity contribution is 5.94. The van der Waals surface area contributed by atoms with Gasteiger partial charge in [0.15, 0.2) is 0 Å². The molecule has 152 valence electrons. The van der Waals surface area contributed by atoms with Crippen LogP contribution in [-0.2, 0) is 4.79 Å². The average Bonchev–Trinajstić information content (AvgIpc) is 3.14. The topological polar surface area (TPSA) is 103 Å². The number of aryl methyl sites for hydroxylation is 1. The molecule has 1 amide bonds. The molecule has 0 radical (unpaired) electrons. The van der Waals surface area contributed by atoms with Gasteiger partial charge >= 0.3 is 0 Å². The smallest absolute Gasteiger partial charge is 0.263 e. The van der Waals surface area contributed by atoms with Gasteiger partial charge in [-0.1, -0.05) is 5.16 Å². The molecule has 29 heavy (non-hydrogen) atoms. The van der Waals surface area contributed by atoms with Crippen molar-refractivity contribution < 1.29 is 18.8 Å². The van der Waals surface area contributed by atoms with Gasteiger partial charge in [-0.3, -0.25) is 4.79 Å². The SMILES string of the molecule is COc1cc(NC(=O)C2CCCN(c3ncnc4onc(C)c34)C2)cc(OC)c1. The summed E-state index contributed by atoms with van der Waals surface area (Å²) in [6, 6.07) is 5.31. The van der Waals surface area contributed by atoms with Crippen molar-refractivity contribution in [3.8, 4) is 11.5 Å². The van der Waals surface area contributed by atoms with Gasteiger partial charge in [0.25, 0.3) is 5.71 Å². The molecule has 0 bridgehead atoms. The summed E-state index contributed by atoms with van der Waals surface area (Å²) < 4.78 is 15.8. The summed E-state index contributed by atoms with van der Waals surface area (Å²) in [5.41, 5.74) is 1.84. The Morgan fingerprint density at radius 2 is 1.97 bits per heavy atom. The second-order valence-electron chi connectivity index (χ2n) is 7.02. The van der Waals surface area contributed by atoms with E-state index < -0.39 is 0 Å². The quantitative estimate of drug-likeness (QED) is 0.701. The Labute approximate surface area is 168 Å². The van der Waals surface area contributed by atoms with Gasteiger partial charge in [0.05, 0.1) is 25.8 Å². The standard InChI is InChI=1S/C20H23N5O4/c1-12-17-18(21-11-22-20(17)29-24-12)25-6-4-5-13(10-25)19(26)23-14-7-15(27-2)9-16(8-14)28-3/h7-9,11,13H,4-6,10H2,1-3H3,(H,23,26). The van der Waals surface area contributed by atoms with Crippen molar-refractivity contribution in [2.24, 2.45) is 5.92 Å². The molecule has 9 nitrogen and oxygen atoms in total. The van der Waals surface area contributed by atoms with Crippen LogP contribution in [0.3, 0.4) is 0 Å². The van der Waals surface area contributed by atoms with E-state index >= 15 is 0 Å². The average molecular weight is 397 g/mol. The molecule has 0 spiro atoms. The lowest BCUT2D eigenvalue weighted by molar-refractivity contribution is -0.120. The first kappa shape index (κ1) is 19.0. The fourth-order valence-corrected chi connectivity index (χ4v) is 3.65. The summed E-state index contributed by atoms with van der Waals surface area (Å²) >= 11 is 0. The summed E-state index contributed by atoms with van der Waals surface area (Å²) in [4.78, 5) is 23.6. The van der Waals surface area contributed by atoms with E-state index in [1.165, 1.54) is 6.33 Å². The number of hydrogen-bond donors (Lipinski definition) is 1. The molecule has 3 heterocycles. The number of hydrogen-bond acceptors (Lipinski definition) is 8. The number of nitrogens with one attached hydrogen (secondary N) is 1. The van der Waals surface area contributed by atoms with E-state index in [9.17, 15) is 4.79 Å². The van der Waals surface area contributed by atoms with Crippen LogP contribution in [0.15, 0.2) is 29.0 Å². The van der Waals surface area contributed by atoms with Crippen molar-refractivity contribution in [2.75, 3.05) is 37.5 Å². The molecule has 1 aliphatic heterocycles. The van der Waals surface area contributed by atoms with Gasteiger partial charge in [0.1, 0.15) is 29.0 Å². The number of rotatable bonds is 5. The molecule has 1 saturated heterocycles. The lowest BCUT2D eigenvalue weighted by Crippen LogP contribution is -2.41. The number of nitrogens with zero attached hydrogens (tertiary/aromatic N) is 4. The zero-order chi connectivity index (χ0) is 20.4. The van der Waals surface area contributed by atoms with Crippen LogP contribution in [-0.4, -0.2) is 48.3 Å². The Morgan fingerprint density at radius 3 is 2.69 bits per heavy atom. The Hall–Kier alpha value is -3.36. The highest BCUT2D eigenvalue weighted by Gasteiger charge is 2.28. The largest absolute Gasteiger partial charge is 0.497 e. The lowest BCUT2D eigenvalue weighted by atomic mass is 9.96. The molecule has 1 fully saturated rings. The molecule has 1 N–H and O–H groups in total. The Kier molecular flexibility index (Phi) is 5.20. The maximum absolute atomic E-state index is 12.9. The fraction of sp³-hybridized carbons (Fsp3) is 0.400. The maximum atomic E-state index is 12.9. The van der Waals surface area contributed by atoms with Gasteiger partial charge in [0, 0.05) is 37.0 Å². The number of aromatic nitrogens is 3. The number of carbonyl (C=O) groups excluding carboxylic acids is 1. The van der Waals surface area contributed by atoms with Crippen LogP contribution in [0, 0.1) is 12.8 Å². The van der Waals surface area contributed by atoms with Crippen LogP contribution in [0.1, 0.15) is 18.5 Å². The number of carbonyl (C=O) groups is 1. The molecule has 4 rings (SSSR count). The van der Waals surface area contributed by atoms with Crippen molar-refractivity contribution in [1.29, 1.82) is 0 Å². The van der Waals surface area contributed by atoms with Crippen LogP contribution < -0.4 is 19.7 Å².